The van der Waals surface area contributed by atoms with Gasteiger partial charge < -0.3 is 11.1 Å². The van der Waals surface area contributed by atoms with Gasteiger partial charge in [-0.15, -0.1) is 0 Å². The van der Waals surface area contributed by atoms with Gasteiger partial charge in [0.1, 0.15) is 5.67 Å². The highest BCUT2D eigenvalue weighted by atomic mass is 19.1. The van der Waals surface area contributed by atoms with Crippen LogP contribution in [0.3, 0.4) is 0 Å². The summed E-state index contributed by atoms with van der Waals surface area (Å²) < 4.78 is 13.4. The summed E-state index contributed by atoms with van der Waals surface area (Å²) in [6.07, 6.45) is 0.921. The minimum absolute atomic E-state index is 0.123. The smallest absolute Gasteiger partial charge is 0.124 e. The van der Waals surface area contributed by atoms with Crippen LogP contribution < -0.4 is 11.1 Å². The van der Waals surface area contributed by atoms with E-state index in [1.165, 1.54) is 0 Å². The second-order valence-corrected chi connectivity index (χ2v) is 3.17. The van der Waals surface area contributed by atoms with Crippen molar-refractivity contribution in [1.29, 1.82) is 0 Å². The molecule has 1 rings (SSSR count). The average molecular weight is 146 g/mol. The van der Waals surface area contributed by atoms with E-state index in [-0.39, 0.29) is 12.5 Å². The van der Waals surface area contributed by atoms with Crippen LogP contribution in [-0.4, -0.2) is 25.3 Å². The van der Waals surface area contributed by atoms with Gasteiger partial charge >= 0.3 is 0 Å². The fourth-order valence-corrected chi connectivity index (χ4v) is 1.34. The minimum atomic E-state index is -1.16. The molecule has 3 heteroatoms. The number of halogens is 1. The maximum atomic E-state index is 13.4. The Morgan fingerprint density at radius 2 is 2.50 bits per heavy atom. The molecule has 0 amide bonds. The summed E-state index contributed by atoms with van der Waals surface area (Å²) >= 11 is 0. The van der Waals surface area contributed by atoms with E-state index in [9.17, 15) is 4.39 Å². The monoisotopic (exact) mass is 146 g/mol. The zero-order valence-corrected chi connectivity index (χ0v) is 6.36. The number of nitrogens with one attached hydrogen (secondary N) is 1. The third-order valence-electron chi connectivity index (χ3n) is 2.31. The van der Waals surface area contributed by atoms with Crippen molar-refractivity contribution in [2.45, 2.75) is 19.0 Å². The van der Waals surface area contributed by atoms with E-state index < -0.39 is 5.67 Å². The van der Waals surface area contributed by atoms with Gasteiger partial charge in [-0.2, -0.15) is 0 Å². The fraction of sp³-hybridized carbons (Fsp3) is 1.00. The van der Waals surface area contributed by atoms with Gasteiger partial charge in [0.2, 0.25) is 0 Å². The normalized spacial score (nSPS) is 32.1. The van der Waals surface area contributed by atoms with Crippen molar-refractivity contribution >= 4 is 0 Å². The van der Waals surface area contributed by atoms with Crippen LogP contribution in [0.5, 0.6) is 0 Å². The lowest BCUT2D eigenvalue weighted by Gasteiger charge is -2.24. The first-order valence-corrected chi connectivity index (χ1v) is 3.76. The van der Waals surface area contributed by atoms with Crippen molar-refractivity contribution in [1.82, 2.24) is 5.32 Å². The van der Waals surface area contributed by atoms with Gasteiger partial charge in [-0.3, -0.25) is 0 Å². The molecule has 0 saturated carbocycles. The van der Waals surface area contributed by atoms with Crippen LogP contribution in [0.1, 0.15) is 13.3 Å². The average Bonchev–Trinajstić information content (AvgIpc) is 2.38. The van der Waals surface area contributed by atoms with Crippen LogP contribution in [0.4, 0.5) is 4.39 Å². The van der Waals surface area contributed by atoms with E-state index in [4.69, 9.17) is 5.73 Å². The Hall–Kier alpha value is -0.150. The van der Waals surface area contributed by atoms with Gasteiger partial charge in [-0.25, -0.2) is 4.39 Å². The molecule has 2 nitrogen and oxygen atoms in total. The van der Waals surface area contributed by atoms with Crippen molar-refractivity contribution in [3.8, 4) is 0 Å². The molecular formula is C7H15FN2. The quantitative estimate of drug-likeness (QED) is 0.587. The molecule has 1 heterocycles. The molecule has 0 aliphatic carbocycles. The van der Waals surface area contributed by atoms with E-state index in [2.05, 4.69) is 5.32 Å². The van der Waals surface area contributed by atoms with Crippen LogP contribution in [0, 0.1) is 5.92 Å². The van der Waals surface area contributed by atoms with Crippen molar-refractivity contribution in [3.05, 3.63) is 0 Å². The van der Waals surface area contributed by atoms with Crippen molar-refractivity contribution in [3.63, 3.8) is 0 Å². The van der Waals surface area contributed by atoms with Gasteiger partial charge in [-0.1, -0.05) is 0 Å². The summed E-state index contributed by atoms with van der Waals surface area (Å²) in [5.74, 6) is 0.123. The maximum Gasteiger partial charge on any atom is 0.124 e. The minimum Gasteiger partial charge on any atom is -0.328 e. The highest BCUT2D eigenvalue weighted by molar-refractivity contribution is 4.88. The zero-order valence-electron chi connectivity index (χ0n) is 6.36. The molecule has 0 aromatic carbocycles. The first kappa shape index (κ1) is 7.95. The summed E-state index contributed by atoms with van der Waals surface area (Å²) in [6, 6.07) is 0. The topological polar surface area (TPSA) is 38.0 Å². The van der Waals surface area contributed by atoms with Gasteiger partial charge in [0.25, 0.3) is 0 Å². The maximum absolute atomic E-state index is 13.4. The molecule has 2 atom stereocenters. The third kappa shape index (κ3) is 1.47. The zero-order chi connectivity index (χ0) is 7.61. The number of alkyl halides is 1. The molecule has 10 heavy (non-hydrogen) atoms. The molecule has 0 spiro atoms. The number of hydrogen-bond acceptors (Lipinski definition) is 2. The Labute approximate surface area is 61.0 Å². The summed E-state index contributed by atoms with van der Waals surface area (Å²) in [5, 5.41) is 3.12. The Kier molecular flexibility index (Phi) is 2.26. The summed E-state index contributed by atoms with van der Waals surface area (Å²) in [7, 11) is 0. The molecule has 1 aliphatic rings. The molecule has 1 aliphatic heterocycles. The predicted molar refractivity (Wildman–Crippen MR) is 39.5 cm³/mol. The fourth-order valence-electron chi connectivity index (χ4n) is 1.34. The molecule has 0 aromatic heterocycles. The van der Waals surface area contributed by atoms with Gasteiger partial charge in [0.15, 0.2) is 0 Å². The van der Waals surface area contributed by atoms with Crippen molar-refractivity contribution < 1.29 is 4.39 Å². The Balaban J connectivity index is 2.45. The molecule has 1 fully saturated rings. The predicted octanol–water partition coefficient (Wildman–Crippen LogP) is 0.283. The van der Waals surface area contributed by atoms with E-state index in [0.717, 1.165) is 19.5 Å². The third-order valence-corrected chi connectivity index (χ3v) is 2.31. The lowest BCUT2D eigenvalue weighted by molar-refractivity contribution is 0.123. The second-order valence-electron chi connectivity index (χ2n) is 3.17. The molecule has 0 bridgehead atoms. The first-order valence-electron chi connectivity index (χ1n) is 3.76. The molecule has 3 N–H and O–H groups in total. The molecule has 1 saturated heterocycles. The van der Waals surface area contributed by atoms with Gasteiger partial charge in [-0.05, 0) is 19.9 Å². The largest absolute Gasteiger partial charge is 0.328 e. The first-order chi connectivity index (χ1) is 4.67. The van der Waals surface area contributed by atoms with Crippen LogP contribution in [0.25, 0.3) is 0 Å². The Morgan fingerprint density at radius 1 is 1.80 bits per heavy atom. The molecule has 0 aromatic rings. The summed E-state index contributed by atoms with van der Waals surface area (Å²) in [4.78, 5) is 0. The summed E-state index contributed by atoms with van der Waals surface area (Å²) in [6.45, 7) is 3.44. The van der Waals surface area contributed by atoms with Gasteiger partial charge in [0, 0.05) is 19.0 Å². The standard InChI is InChI=1S/C7H15FN2/c1-7(8,5-9)6-2-3-10-4-6/h6,10H,2-5,9H2,1H3. The van der Waals surface area contributed by atoms with Crippen molar-refractivity contribution in [2.75, 3.05) is 19.6 Å². The van der Waals surface area contributed by atoms with E-state index in [0.29, 0.717) is 0 Å². The summed E-state index contributed by atoms with van der Waals surface area (Å²) in [5.41, 5.74) is 4.12. The van der Waals surface area contributed by atoms with E-state index in [1.807, 2.05) is 0 Å². The van der Waals surface area contributed by atoms with E-state index in [1.54, 1.807) is 6.92 Å². The number of nitrogens with two attached hydrogens (primary N) is 1. The number of rotatable bonds is 2. The van der Waals surface area contributed by atoms with Crippen LogP contribution in [-0.2, 0) is 0 Å². The second kappa shape index (κ2) is 2.84. The van der Waals surface area contributed by atoms with E-state index >= 15 is 0 Å². The SMILES string of the molecule is CC(F)(CN)C1CCNC1. The molecule has 2 unspecified atom stereocenters. The molecule has 60 valence electrons. The lowest BCUT2D eigenvalue weighted by Crippen LogP contribution is -2.38. The highest BCUT2D eigenvalue weighted by Crippen LogP contribution is 2.25. The highest BCUT2D eigenvalue weighted by Gasteiger charge is 2.34. The Morgan fingerprint density at radius 3 is 2.90 bits per heavy atom. The van der Waals surface area contributed by atoms with Gasteiger partial charge in [0.05, 0.1) is 0 Å². The Bertz CT molecular complexity index is 108. The lowest BCUT2D eigenvalue weighted by atomic mass is 9.90. The molecular weight excluding hydrogens is 131 g/mol. The van der Waals surface area contributed by atoms with Crippen LogP contribution >= 0.6 is 0 Å². The number of hydrogen-bond donors (Lipinski definition) is 2. The van der Waals surface area contributed by atoms with Crippen molar-refractivity contribution in [2.24, 2.45) is 11.7 Å². The van der Waals surface area contributed by atoms with Crippen LogP contribution in [0.2, 0.25) is 0 Å². The van der Waals surface area contributed by atoms with Crippen LogP contribution in [0.15, 0.2) is 0 Å². The molecule has 0 radical (unpaired) electrons.